The number of nitrogens with one attached hydrogen (secondary N) is 4. The van der Waals surface area contributed by atoms with Crippen LogP contribution < -0.4 is 15.6 Å². The van der Waals surface area contributed by atoms with E-state index < -0.39 is 23.9 Å². The first kappa shape index (κ1) is 29.9. The zero-order valence-corrected chi connectivity index (χ0v) is 26.3. The van der Waals surface area contributed by atoms with Gasteiger partial charge in [-0.1, -0.05) is 62.4 Å². The van der Waals surface area contributed by atoms with Gasteiger partial charge in [-0.3, -0.25) is 25.2 Å². The molecule has 2 aromatic heterocycles. The fourth-order valence-corrected chi connectivity index (χ4v) is 6.47. The van der Waals surface area contributed by atoms with Crippen molar-refractivity contribution in [3.05, 3.63) is 131 Å². The molecule has 0 radical (unpaired) electrons. The van der Waals surface area contributed by atoms with E-state index in [0.29, 0.717) is 17.7 Å². The number of hydrazine groups is 1. The van der Waals surface area contributed by atoms with Crippen LogP contribution in [0.5, 0.6) is 11.5 Å². The van der Waals surface area contributed by atoms with Crippen molar-refractivity contribution in [3.8, 4) is 11.5 Å². The Labute approximate surface area is 271 Å². The van der Waals surface area contributed by atoms with Gasteiger partial charge in [0, 0.05) is 39.1 Å². The number of aryl methyl sites for hydroxylation is 1. The molecule has 6 aromatic rings. The first-order chi connectivity index (χ1) is 22.8. The molecular weight excluding hydrogens is 590 g/mol. The third kappa shape index (κ3) is 5.72. The summed E-state index contributed by atoms with van der Waals surface area (Å²) in [5.41, 5.74) is 10.6. The highest BCUT2D eigenvalue weighted by Gasteiger charge is 2.44. The number of carbonyl (C=O) groups excluding carboxylic acids is 3. The van der Waals surface area contributed by atoms with Crippen molar-refractivity contribution < 1.29 is 19.1 Å². The summed E-state index contributed by atoms with van der Waals surface area (Å²) in [6, 6.07) is 29.1. The van der Waals surface area contributed by atoms with Crippen molar-refractivity contribution >= 4 is 39.5 Å². The SMILES string of the molecule is Cc1cccc(Oc2ccc3[nH]c(C(=O)NNC(=O)C(CC(C)C)N4C(=O)c5ccccc5C4c4c[nH]c5ccccc45)cc3c2)c1. The summed E-state index contributed by atoms with van der Waals surface area (Å²) in [6.07, 6.45) is 2.31. The van der Waals surface area contributed by atoms with Crippen molar-refractivity contribution in [2.45, 2.75) is 39.3 Å². The molecule has 0 spiro atoms. The monoisotopic (exact) mass is 625 g/mol. The van der Waals surface area contributed by atoms with Gasteiger partial charge in [0.2, 0.25) is 0 Å². The lowest BCUT2D eigenvalue weighted by Crippen LogP contribution is -2.53. The van der Waals surface area contributed by atoms with E-state index in [1.165, 1.54) is 0 Å². The van der Waals surface area contributed by atoms with Crippen LogP contribution in [-0.2, 0) is 4.79 Å². The Hall–Kier alpha value is -5.83. The van der Waals surface area contributed by atoms with Crippen LogP contribution in [0.4, 0.5) is 0 Å². The van der Waals surface area contributed by atoms with Crippen LogP contribution in [0.15, 0.2) is 103 Å². The highest BCUT2D eigenvalue weighted by Crippen LogP contribution is 2.43. The predicted octanol–water partition coefficient (Wildman–Crippen LogP) is 7.17. The van der Waals surface area contributed by atoms with E-state index in [1.54, 1.807) is 17.0 Å². The molecule has 2 unspecified atom stereocenters. The number of benzene rings is 4. The number of carbonyl (C=O) groups is 3. The quantitative estimate of drug-likeness (QED) is 0.134. The standard InChI is InChI=1S/C38H35N5O4/c1-22(2)17-34(43-35(28-12-4-5-13-29(28)38(43)46)30-21-39-32-14-7-6-11-27(30)32)37(45)42-41-36(44)33-20-24-19-26(15-16-31(24)40-33)47-25-10-8-9-23(3)18-25/h4-16,18-22,34-35,39-40H,17H2,1-3H3,(H,41,44)(H,42,45). The molecule has 4 N–H and O–H groups in total. The maximum atomic E-state index is 14.0. The molecule has 9 nitrogen and oxygen atoms in total. The van der Waals surface area contributed by atoms with E-state index in [0.717, 1.165) is 44.2 Å². The third-order valence-corrected chi connectivity index (χ3v) is 8.61. The van der Waals surface area contributed by atoms with Crippen LogP contribution in [-0.4, -0.2) is 38.6 Å². The highest BCUT2D eigenvalue weighted by atomic mass is 16.5. The summed E-state index contributed by atoms with van der Waals surface area (Å²) in [5, 5.41) is 1.77. The van der Waals surface area contributed by atoms with Crippen molar-refractivity contribution in [3.63, 3.8) is 0 Å². The number of H-pyrrole nitrogens is 2. The number of rotatable bonds is 8. The van der Waals surface area contributed by atoms with Gasteiger partial charge in [-0.15, -0.1) is 0 Å². The largest absolute Gasteiger partial charge is 0.457 e. The van der Waals surface area contributed by atoms with E-state index in [-0.39, 0.29) is 17.5 Å². The lowest BCUT2D eigenvalue weighted by Gasteiger charge is -2.33. The number of para-hydroxylation sites is 1. The van der Waals surface area contributed by atoms with E-state index >= 15 is 0 Å². The molecule has 0 saturated carbocycles. The lowest BCUT2D eigenvalue weighted by molar-refractivity contribution is -0.127. The van der Waals surface area contributed by atoms with Gasteiger partial charge in [-0.05, 0) is 78.9 Å². The number of hydrogen-bond donors (Lipinski definition) is 4. The van der Waals surface area contributed by atoms with Crippen molar-refractivity contribution in [1.82, 2.24) is 25.7 Å². The Morgan fingerprint density at radius 3 is 2.47 bits per heavy atom. The molecule has 3 amide bonds. The van der Waals surface area contributed by atoms with Gasteiger partial charge >= 0.3 is 0 Å². The molecule has 9 heteroatoms. The summed E-state index contributed by atoms with van der Waals surface area (Å²) < 4.78 is 6.01. The molecule has 7 rings (SSSR count). The fourth-order valence-electron chi connectivity index (χ4n) is 6.47. The van der Waals surface area contributed by atoms with E-state index in [4.69, 9.17) is 4.74 Å². The number of hydrogen-bond acceptors (Lipinski definition) is 4. The maximum absolute atomic E-state index is 14.0. The van der Waals surface area contributed by atoms with Gasteiger partial charge in [0.15, 0.2) is 0 Å². The summed E-state index contributed by atoms with van der Waals surface area (Å²) in [4.78, 5) is 49.3. The molecule has 0 fully saturated rings. The number of ether oxygens (including phenoxy) is 1. The number of fused-ring (bicyclic) bond motifs is 3. The molecule has 0 aliphatic carbocycles. The first-order valence-electron chi connectivity index (χ1n) is 15.7. The Balaban J connectivity index is 1.12. The molecule has 2 atom stereocenters. The predicted molar refractivity (Wildman–Crippen MR) is 181 cm³/mol. The molecule has 0 saturated heterocycles. The lowest BCUT2D eigenvalue weighted by atomic mass is 9.95. The molecule has 0 bridgehead atoms. The van der Waals surface area contributed by atoms with Gasteiger partial charge in [-0.25, -0.2) is 0 Å². The Kier molecular flexibility index (Phi) is 7.73. The second-order valence-corrected chi connectivity index (χ2v) is 12.4. The topological polar surface area (TPSA) is 119 Å². The van der Waals surface area contributed by atoms with E-state index in [1.807, 2.05) is 112 Å². The van der Waals surface area contributed by atoms with Gasteiger partial charge in [0.05, 0.1) is 6.04 Å². The fraction of sp³-hybridized carbons (Fsp3) is 0.184. The highest BCUT2D eigenvalue weighted by molar-refractivity contribution is 6.04. The normalized spacial score (nSPS) is 14.9. The summed E-state index contributed by atoms with van der Waals surface area (Å²) >= 11 is 0. The number of amides is 3. The van der Waals surface area contributed by atoms with Crippen LogP contribution in [0.1, 0.15) is 63.8 Å². The summed E-state index contributed by atoms with van der Waals surface area (Å²) in [6.45, 7) is 6.02. The molecule has 3 heterocycles. The Morgan fingerprint density at radius 2 is 1.64 bits per heavy atom. The smallest absolute Gasteiger partial charge is 0.286 e. The molecule has 4 aromatic carbocycles. The Morgan fingerprint density at radius 1 is 0.851 bits per heavy atom. The zero-order valence-electron chi connectivity index (χ0n) is 26.3. The van der Waals surface area contributed by atoms with Gasteiger partial charge in [0.25, 0.3) is 17.7 Å². The van der Waals surface area contributed by atoms with Gasteiger partial charge in [0.1, 0.15) is 23.2 Å². The second kappa shape index (κ2) is 12.2. The van der Waals surface area contributed by atoms with E-state index in [9.17, 15) is 14.4 Å². The van der Waals surface area contributed by atoms with Crippen LogP contribution in [0, 0.1) is 12.8 Å². The average molecular weight is 626 g/mol. The van der Waals surface area contributed by atoms with Crippen LogP contribution in [0.3, 0.4) is 0 Å². The number of nitrogens with zero attached hydrogens (tertiary/aromatic N) is 1. The van der Waals surface area contributed by atoms with Crippen LogP contribution in [0.25, 0.3) is 21.8 Å². The summed E-state index contributed by atoms with van der Waals surface area (Å²) in [7, 11) is 0. The van der Waals surface area contributed by atoms with Gasteiger partial charge in [-0.2, -0.15) is 0 Å². The van der Waals surface area contributed by atoms with Crippen LogP contribution >= 0.6 is 0 Å². The third-order valence-electron chi connectivity index (χ3n) is 8.61. The number of aromatic amines is 2. The zero-order chi connectivity index (χ0) is 32.7. The van der Waals surface area contributed by atoms with Crippen molar-refractivity contribution in [2.75, 3.05) is 0 Å². The van der Waals surface area contributed by atoms with Crippen LogP contribution in [0.2, 0.25) is 0 Å². The Bertz CT molecular complexity index is 2140. The molecule has 236 valence electrons. The van der Waals surface area contributed by atoms with Crippen molar-refractivity contribution in [2.24, 2.45) is 5.92 Å². The molecule has 1 aliphatic heterocycles. The molecule has 47 heavy (non-hydrogen) atoms. The minimum absolute atomic E-state index is 0.0894. The minimum Gasteiger partial charge on any atom is -0.457 e. The average Bonchev–Trinajstić information content (AvgIpc) is 3.76. The minimum atomic E-state index is -0.849. The van der Waals surface area contributed by atoms with E-state index in [2.05, 4.69) is 20.8 Å². The number of aromatic nitrogens is 2. The van der Waals surface area contributed by atoms with Gasteiger partial charge < -0.3 is 19.6 Å². The van der Waals surface area contributed by atoms with Crippen molar-refractivity contribution in [1.29, 1.82) is 0 Å². The first-order valence-corrected chi connectivity index (χ1v) is 15.7. The maximum Gasteiger partial charge on any atom is 0.286 e. The molecule has 1 aliphatic rings. The summed E-state index contributed by atoms with van der Waals surface area (Å²) in [5.74, 6) is 0.253. The molecular formula is C38H35N5O4. The second-order valence-electron chi connectivity index (χ2n) is 12.4.